The Hall–Kier alpha value is -0.680. The van der Waals surface area contributed by atoms with Crippen molar-refractivity contribution < 1.29 is 0 Å². The standard InChI is InChI=1S/C18H38N4/c1-3-5-7-13-21(17-11-19)15-9-10-16-22(18-12-20)14-8-6-4-2/h5-8H,3-4,9-20H2,1-2H3. The number of hydrogen-bond acceptors (Lipinski definition) is 4. The predicted octanol–water partition coefficient (Wildman–Crippen LogP) is 2.22. The van der Waals surface area contributed by atoms with Crippen molar-refractivity contribution in [1.82, 2.24) is 9.80 Å². The van der Waals surface area contributed by atoms with Crippen molar-refractivity contribution in [2.45, 2.75) is 39.5 Å². The lowest BCUT2D eigenvalue weighted by Crippen LogP contribution is -2.33. The Bertz CT molecular complexity index is 248. The molecule has 4 nitrogen and oxygen atoms in total. The van der Waals surface area contributed by atoms with Gasteiger partial charge in [0.05, 0.1) is 0 Å². The van der Waals surface area contributed by atoms with Gasteiger partial charge >= 0.3 is 0 Å². The second-order valence-corrected chi connectivity index (χ2v) is 5.64. The zero-order chi connectivity index (χ0) is 16.5. The summed E-state index contributed by atoms with van der Waals surface area (Å²) in [7, 11) is 0. The topological polar surface area (TPSA) is 58.5 Å². The van der Waals surface area contributed by atoms with Gasteiger partial charge in [0.25, 0.3) is 0 Å². The van der Waals surface area contributed by atoms with Crippen molar-refractivity contribution in [2.24, 2.45) is 11.5 Å². The van der Waals surface area contributed by atoms with E-state index in [9.17, 15) is 0 Å². The first-order valence-electron chi connectivity index (χ1n) is 8.93. The van der Waals surface area contributed by atoms with Gasteiger partial charge in [0.1, 0.15) is 0 Å². The Labute approximate surface area is 138 Å². The number of hydrogen-bond donors (Lipinski definition) is 2. The number of unbranched alkanes of at least 4 members (excludes halogenated alkanes) is 1. The fourth-order valence-corrected chi connectivity index (χ4v) is 2.41. The van der Waals surface area contributed by atoms with Gasteiger partial charge in [0, 0.05) is 39.3 Å². The van der Waals surface area contributed by atoms with Crippen LogP contribution in [0.15, 0.2) is 24.3 Å². The largest absolute Gasteiger partial charge is 0.329 e. The van der Waals surface area contributed by atoms with Crippen LogP contribution < -0.4 is 11.5 Å². The van der Waals surface area contributed by atoms with Crippen molar-refractivity contribution in [1.29, 1.82) is 0 Å². The fraction of sp³-hybridized carbons (Fsp3) is 0.778. The molecule has 130 valence electrons. The van der Waals surface area contributed by atoms with E-state index in [0.29, 0.717) is 0 Å². The van der Waals surface area contributed by atoms with Crippen LogP contribution in [0.3, 0.4) is 0 Å². The second kappa shape index (κ2) is 16.7. The van der Waals surface area contributed by atoms with Crippen molar-refractivity contribution >= 4 is 0 Å². The normalized spacial score (nSPS) is 12.5. The van der Waals surface area contributed by atoms with E-state index in [4.69, 9.17) is 11.5 Å². The molecule has 0 radical (unpaired) electrons. The minimum atomic E-state index is 0.737. The molecule has 4 heteroatoms. The lowest BCUT2D eigenvalue weighted by molar-refractivity contribution is 0.272. The number of rotatable bonds is 15. The van der Waals surface area contributed by atoms with Gasteiger partial charge in [0.15, 0.2) is 0 Å². The summed E-state index contributed by atoms with van der Waals surface area (Å²) >= 11 is 0. The molecule has 0 saturated carbocycles. The molecule has 0 heterocycles. The van der Waals surface area contributed by atoms with E-state index in [1.165, 1.54) is 12.8 Å². The summed E-state index contributed by atoms with van der Waals surface area (Å²) in [5, 5.41) is 0. The highest BCUT2D eigenvalue weighted by atomic mass is 15.1. The van der Waals surface area contributed by atoms with Crippen LogP contribution in [0.4, 0.5) is 0 Å². The highest BCUT2D eigenvalue weighted by Crippen LogP contribution is 2.00. The third kappa shape index (κ3) is 13.0. The maximum absolute atomic E-state index is 5.70. The molecule has 0 aromatic carbocycles. The fourth-order valence-electron chi connectivity index (χ4n) is 2.41. The van der Waals surface area contributed by atoms with Gasteiger partial charge in [-0.25, -0.2) is 0 Å². The molecule has 0 saturated heterocycles. The molecule has 0 spiro atoms. The Balaban J connectivity index is 3.95. The molecule has 0 amide bonds. The quantitative estimate of drug-likeness (QED) is 0.360. The van der Waals surface area contributed by atoms with Crippen LogP contribution in [0, 0.1) is 0 Å². The third-order valence-corrected chi connectivity index (χ3v) is 3.62. The van der Waals surface area contributed by atoms with Crippen molar-refractivity contribution in [2.75, 3.05) is 52.4 Å². The smallest absolute Gasteiger partial charge is 0.0163 e. The van der Waals surface area contributed by atoms with E-state index in [-0.39, 0.29) is 0 Å². The van der Waals surface area contributed by atoms with E-state index < -0.39 is 0 Å². The van der Waals surface area contributed by atoms with Crippen LogP contribution in [-0.4, -0.2) is 62.2 Å². The highest BCUT2D eigenvalue weighted by molar-refractivity contribution is 4.85. The lowest BCUT2D eigenvalue weighted by atomic mass is 10.2. The Morgan fingerprint density at radius 3 is 1.36 bits per heavy atom. The Morgan fingerprint density at radius 2 is 1.05 bits per heavy atom. The van der Waals surface area contributed by atoms with Gasteiger partial charge in [-0.3, -0.25) is 9.80 Å². The van der Waals surface area contributed by atoms with E-state index in [0.717, 1.165) is 65.2 Å². The zero-order valence-corrected chi connectivity index (χ0v) is 14.8. The van der Waals surface area contributed by atoms with E-state index in [1.54, 1.807) is 0 Å². The van der Waals surface area contributed by atoms with Crippen LogP contribution in [0.25, 0.3) is 0 Å². The van der Waals surface area contributed by atoms with Crippen LogP contribution in [-0.2, 0) is 0 Å². The molecule has 4 N–H and O–H groups in total. The molecule has 0 unspecified atom stereocenters. The summed E-state index contributed by atoms with van der Waals surface area (Å²) in [5.74, 6) is 0. The summed E-state index contributed by atoms with van der Waals surface area (Å²) in [4.78, 5) is 4.88. The molecule has 22 heavy (non-hydrogen) atoms. The summed E-state index contributed by atoms with van der Waals surface area (Å²) in [6.07, 6.45) is 13.6. The van der Waals surface area contributed by atoms with Crippen LogP contribution in [0.1, 0.15) is 39.5 Å². The lowest BCUT2D eigenvalue weighted by Gasteiger charge is -2.22. The first-order chi connectivity index (χ1) is 10.8. The van der Waals surface area contributed by atoms with Crippen molar-refractivity contribution in [3.05, 3.63) is 24.3 Å². The minimum absolute atomic E-state index is 0.737. The van der Waals surface area contributed by atoms with Gasteiger partial charge in [-0.15, -0.1) is 0 Å². The third-order valence-electron chi connectivity index (χ3n) is 3.62. The zero-order valence-electron chi connectivity index (χ0n) is 14.8. The maximum Gasteiger partial charge on any atom is 0.0163 e. The van der Waals surface area contributed by atoms with Gasteiger partial charge < -0.3 is 11.5 Å². The molecular formula is C18H38N4. The summed E-state index contributed by atoms with van der Waals surface area (Å²) < 4.78 is 0. The van der Waals surface area contributed by atoms with Crippen molar-refractivity contribution in [3.8, 4) is 0 Å². The van der Waals surface area contributed by atoms with Crippen molar-refractivity contribution in [3.63, 3.8) is 0 Å². The number of allylic oxidation sites excluding steroid dienone is 2. The predicted molar refractivity (Wildman–Crippen MR) is 99.1 cm³/mol. The first-order valence-corrected chi connectivity index (χ1v) is 8.93. The van der Waals surface area contributed by atoms with Gasteiger partial charge in [-0.1, -0.05) is 38.2 Å². The summed E-state index contributed by atoms with van der Waals surface area (Å²) in [5.41, 5.74) is 11.4. The van der Waals surface area contributed by atoms with Crippen LogP contribution >= 0.6 is 0 Å². The molecule has 0 fully saturated rings. The van der Waals surface area contributed by atoms with E-state index in [1.807, 2.05) is 0 Å². The molecule has 0 atom stereocenters. The molecule has 0 rings (SSSR count). The average molecular weight is 311 g/mol. The molecule has 0 aliphatic carbocycles. The monoisotopic (exact) mass is 310 g/mol. The van der Waals surface area contributed by atoms with Gasteiger partial charge in [-0.05, 0) is 38.8 Å². The Kier molecular flexibility index (Phi) is 16.2. The van der Waals surface area contributed by atoms with Crippen LogP contribution in [0.5, 0.6) is 0 Å². The highest BCUT2D eigenvalue weighted by Gasteiger charge is 2.04. The molecule has 0 aliphatic heterocycles. The molecule has 0 bridgehead atoms. The van der Waals surface area contributed by atoms with E-state index >= 15 is 0 Å². The minimum Gasteiger partial charge on any atom is -0.329 e. The van der Waals surface area contributed by atoms with Crippen LogP contribution in [0.2, 0.25) is 0 Å². The molecule has 0 aromatic heterocycles. The molecular weight excluding hydrogens is 272 g/mol. The average Bonchev–Trinajstić information content (AvgIpc) is 2.51. The maximum atomic E-state index is 5.70. The Morgan fingerprint density at radius 1 is 0.636 bits per heavy atom. The van der Waals surface area contributed by atoms with Gasteiger partial charge in [0.2, 0.25) is 0 Å². The number of nitrogens with two attached hydrogens (primary N) is 2. The number of nitrogens with zero attached hydrogens (tertiary/aromatic N) is 2. The second-order valence-electron chi connectivity index (χ2n) is 5.64. The van der Waals surface area contributed by atoms with E-state index in [2.05, 4.69) is 48.0 Å². The first kappa shape index (κ1) is 21.3. The molecule has 0 aromatic rings. The summed E-state index contributed by atoms with van der Waals surface area (Å²) in [6.45, 7) is 12.1. The summed E-state index contributed by atoms with van der Waals surface area (Å²) in [6, 6.07) is 0. The van der Waals surface area contributed by atoms with Gasteiger partial charge in [-0.2, -0.15) is 0 Å². The molecule has 0 aliphatic rings. The SMILES string of the molecule is CCC=CCN(CCN)CCCCN(CC=CCC)CCN.